The largest absolute Gasteiger partial charge is 0.465 e. The standard InChI is InChI=1S/C17H16N4O2/c22-16-14-12(5-6-13-4-3-11-23-13)7-8-18-15(14)19-17(20-16)21-9-1-2-10-21/h3-8,11,14H,1-2,9-10H2/b6-5+. The Kier molecular flexibility index (Phi) is 3.49. The summed E-state index contributed by atoms with van der Waals surface area (Å²) < 4.78 is 5.27. The summed E-state index contributed by atoms with van der Waals surface area (Å²) in [5.74, 6) is 1.04. The third kappa shape index (κ3) is 2.67. The fourth-order valence-corrected chi connectivity index (χ4v) is 2.93. The van der Waals surface area contributed by atoms with E-state index in [0.717, 1.165) is 37.3 Å². The van der Waals surface area contributed by atoms with Gasteiger partial charge in [0.1, 0.15) is 17.5 Å². The molecule has 1 aromatic rings. The molecular formula is C17H16N4O2. The van der Waals surface area contributed by atoms with Crippen molar-refractivity contribution in [3.05, 3.63) is 41.9 Å². The summed E-state index contributed by atoms with van der Waals surface area (Å²) in [6.45, 7) is 1.80. The van der Waals surface area contributed by atoms with Crippen LogP contribution >= 0.6 is 0 Å². The molecule has 1 atom stereocenters. The van der Waals surface area contributed by atoms with Gasteiger partial charge in [-0.3, -0.25) is 4.79 Å². The summed E-state index contributed by atoms with van der Waals surface area (Å²) in [6.07, 6.45) is 11.0. The number of amides is 1. The lowest BCUT2D eigenvalue weighted by molar-refractivity contribution is -0.118. The number of aliphatic imine (C=N–C) groups is 3. The molecule has 0 saturated carbocycles. The molecule has 4 heterocycles. The second kappa shape index (κ2) is 5.79. The Bertz CT molecular complexity index is 763. The minimum atomic E-state index is -0.516. The maximum atomic E-state index is 12.5. The molecule has 23 heavy (non-hydrogen) atoms. The smallest absolute Gasteiger partial charge is 0.264 e. The number of hydrogen-bond donors (Lipinski definition) is 0. The lowest BCUT2D eigenvalue weighted by atomic mass is 9.93. The predicted octanol–water partition coefficient (Wildman–Crippen LogP) is 2.31. The van der Waals surface area contributed by atoms with Gasteiger partial charge in [0.05, 0.1) is 6.26 Å². The van der Waals surface area contributed by atoms with Gasteiger partial charge in [0.15, 0.2) is 0 Å². The van der Waals surface area contributed by atoms with E-state index in [1.807, 2.05) is 35.3 Å². The van der Waals surface area contributed by atoms with E-state index in [0.29, 0.717) is 11.8 Å². The van der Waals surface area contributed by atoms with Crippen LogP contribution in [0.25, 0.3) is 6.08 Å². The molecule has 0 aliphatic carbocycles. The minimum absolute atomic E-state index is 0.205. The van der Waals surface area contributed by atoms with Crippen LogP contribution in [-0.4, -0.2) is 41.9 Å². The van der Waals surface area contributed by atoms with Gasteiger partial charge < -0.3 is 9.32 Å². The van der Waals surface area contributed by atoms with Crippen LogP contribution in [0.3, 0.4) is 0 Å². The van der Waals surface area contributed by atoms with Crippen LogP contribution < -0.4 is 0 Å². The third-order valence-electron chi connectivity index (χ3n) is 4.11. The number of dihydropyridines is 1. The van der Waals surface area contributed by atoms with Crippen molar-refractivity contribution in [1.82, 2.24) is 4.90 Å². The normalized spacial score (nSPS) is 23.8. The number of rotatable bonds is 2. The first-order chi connectivity index (χ1) is 11.3. The van der Waals surface area contributed by atoms with Gasteiger partial charge in [-0.1, -0.05) is 6.08 Å². The molecule has 6 nitrogen and oxygen atoms in total. The maximum Gasteiger partial charge on any atom is 0.264 e. The highest BCUT2D eigenvalue weighted by molar-refractivity contribution is 6.20. The zero-order valence-corrected chi connectivity index (χ0v) is 12.6. The summed E-state index contributed by atoms with van der Waals surface area (Å²) in [6, 6.07) is 3.68. The average Bonchev–Trinajstić information content (AvgIpc) is 3.26. The van der Waals surface area contributed by atoms with Crippen LogP contribution in [0, 0.1) is 5.92 Å². The van der Waals surface area contributed by atoms with Gasteiger partial charge in [0.2, 0.25) is 5.96 Å². The number of furan rings is 1. The number of allylic oxidation sites excluding steroid dienone is 2. The monoisotopic (exact) mass is 308 g/mol. The number of likely N-dealkylation sites (tertiary alicyclic amines) is 1. The third-order valence-corrected chi connectivity index (χ3v) is 4.11. The van der Waals surface area contributed by atoms with Crippen molar-refractivity contribution in [2.24, 2.45) is 20.9 Å². The van der Waals surface area contributed by atoms with Gasteiger partial charge in [0, 0.05) is 19.3 Å². The molecule has 4 rings (SSSR count). The fourth-order valence-electron chi connectivity index (χ4n) is 2.93. The van der Waals surface area contributed by atoms with Crippen molar-refractivity contribution in [3.8, 4) is 0 Å². The molecular weight excluding hydrogens is 292 g/mol. The Hall–Kier alpha value is -2.76. The average molecular weight is 308 g/mol. The van der Waals surface area contributed by atoms with E-state index in [1.54, 1.807) is 12.5 Å². The first-order valence-corrected chi connectivity index (χ1v) is 7.73. The molecule has 0 spiro atoms. The summed E-state index contributed by atoms with van der Waals surface area (Å²) >= 11 is 0. The molecule has 6 heteroatoms. The molecule has 1 fully saturated rings. The number of guanidine groups is 1. The van der Waals surface area contributed by atoms with Crippen molar-refractivity contribution in [3.63, 3.8) is 0 Å². The lowest BCUT2D eigenvalue weighted by Gasteiger charge is -2.24. The Labute approximate surface area is 133 Å². The van der Waals surface area contributed by atoms with E-state index < -0.39 is 5.92 Å². The number of hydrogen-bond acceptors (Lipinski definition) is 5. The van der Waals surface area contributed by atoms with Gasteiger partial charge in [-0.15, -0.1) is 0 Å². The van der Waals surface area contributed by atoms with Crippen molar-refractivity contribution in [2.75, 3.05) is 13.1 Å². The van der Waals surface area contributed by atoms with E-state index >= 15 is 0 Å². The molecule has 1 aromatic heterocycles. The number of amidine groups is 1. The first-order valence-electron chi connectivity index (χ1n) is 7.73. The predicted molar refractivity (Wildman–Crippen MR) is 88.5 cm³/mol. The van der Waals surface area contributed by atoms with Crippen molar-refractivity contribution < 1.29 is 9.21 Å². The summed E-state index contributed by atoms with van der Waals surface area (Å²) in [4.78, 5) is 27.5. The zero-order valence-electron chi connectivity index (χ0n) is 12.6. The molecule has 1 unspecified atom stereocenters. The second-order valence-electron chi connectivity index (χ2n) is 5.64. The molecule has 0 bridgehead atoms. The number of carbonyl (C=O) groups excluding carboxylic acids is 1. The van der Waals surface area contributed by atoms with Crippen LogP contribution in [0.2, 0.25) is 0 Å². The summed E-state index contributed by atoms with van der Waals surface area (Å²) in [5, 5.41) is 0. The Morgan fingerprint density at radius 2 is 2.09 bits per heavy atom. The SMILES string of the molecule is O=C1N=C(N2CCCC2)N=C2N=CC=C(/C=C/c3ccco3)C12. The maximum absolute atomic E-state index is 12.5. The van der Waals surface area contributed by atoms with Crippen molar-refractivity contribution in [2.45, 2.75) is 12.8 Å². The first kappa shape index (κ1) is 13.9. The number of nitrogens with zero attached hydrogens (tertiary/aromatic N) is 4. The van der Waals surface area contributed by atoms with Crippen LogP contribution in [0.15, 0.2) is 55.5 Å². The van der Waals surface area contributed by atoms with E-state index in [1.165, 1.54) is 0 Å². The topological polar surface area (TPSA) is 70.5 Å². The van der Waals surface area contributed by atoms with Crippen LogP contribution in [0.5, 0.6) is 0 Å². The Morgan fingerprint density at radius 1 is 1.22 bits per heavy atom. The summed E-state index contributed by atoms with van der Waals surface area (Å²) in [7, 11) is 0. The zero-order chi connectivity index (χ0) is 15.6. The molecule has 0 N–H and O–H groups in total. The number of fused-ring (bicyclic) bond motifs is 1. The quantitative estimate of drug-likeness (QED) is 0.841. The number of carbonyl (C=O) groups is 1. The second-order valence-corrected chi connectivity index (χ2v) is 5.64. The van der Waals surface area contributed by atoms with E-state index in [2.05, 4.69) is 15.0 Å². The summed E-state index contributed by atoms with van der Waals surface area (Å²) in [5.41, 5.74) is 0.823. The lowest BCUT2D eigenvalue weighted by Crippen LogP contribution is -2.36. The van der Waals surface area contributed by atoms with Crippen LogP contribution in [-0.2, 0) is 4.79 Å². The van der Waals surface area contributed by atoms with Gasteiger partial charge >= 0.3 is 0 Å². The highest BCUT2D eigenvalue weighted by Gasteiger charge is 2.34. The molecule has 3 aliphatic rings. The fraction of sp³-hybridized carbons (Fsp3) is 0.294. The van der Waals surface area contributed by atoms with E-state index in [9.17, 15) is 4.79 Å². The molecule has 3 aliphatic heterocycles. The Balaban J connectivity index is 1.60. The highest BCUT2D eigenvalue weighted by atomic mass is 16.3. The molecule has 1 saturated heterocycles. The molecule has 0 aromatic carbocycles. The highest BCUT2D eigenvalue weighted by Crippen LogP contribution is 2.25. The van der Waals surface area contributed by atoms with Crippen molar-refractivity contribution in [1.29, 1.82) is 0 Å². The van der Waals surface area contributed by atoms with Crippen LogP contribution in [0.1, 0.15) is 18.6 Å². The molecule has 1 amide bonds. The molecule has 0 radical (unpaired) electrons. The van der Waals surface area contributed by atoms with E-state index in [-0.39, 0.29) is 5.91 Å². The van der Waals surface area contributed by atoms with Crippen molar-refractivity contribution >= 4 is 30.0 Å². The Morgan fingerprint density at radius 3 is 2.87 bits per heavy atom. The van der Waals surface area contributed by atoms with Crippen LogP contribution in [0.4, 0.5) is 0 Å². The van der Waals surface area contributed by atoms with Gasteiger partial charge in [0.25, 0.3) is 5.91 Å². The van der Waals surface area contributed by atoms with Gasteiger partial charge in [-0.05, 0) is 42.7 Å². The van der Waals surface area contributed by atoms with Gasteiger partial charge in [-0.25, -0.2) is 4.99 Å². The minimum Gasteiger partial charge on any atom is -0.465 e. The van der Waals surface area contributed by atoms with Gasteiger partial charge in [-0.2, -0.15) is 9.98 Å². The van der Waals surface area contributed by atoms with E-state index in [4.69, 9.17) is 4.42 Å². The molecule has 116 valence electrons.